The first-order valence-corrected chi connectivity index (χ1v) is 7.95. The summed E-state index contributed by atoms with van der Waals surface area (Å²) < 4.78 is 5.74. The van der Waals surface area contributed by atoms with Crippen LogP contribution >= 0.6 is 22.9 Å². The minimum atomic E-state index is -0.0798. The maximum absolute atomic E-state index is 12.3. The Balaban J connectivity index is 1.63. The molecule has 2 aromatic rings. The van der Waals surface area contributed by atoms with Crippen molar-refractivity contribution in [1.82, 2.24) is 14.9 Å². The van der Waals surface area contributed by atoms with E-state index < -0.39 is 0 Å². The van der Waals surface area contributed by atoms with Gasteiger partial charge in [-0.05, 0) is 24.3 Å². The number of hydrogen-bond acceptors (Lipinski definition) is 5. The van der Waals surface area contributed by atoms with Crippen LogP contribution in [0.15, 0.2) is 29.9 Å². The second kappa shape index (κ2) is 6.41. The van der Waals surface area contributed by atoms with Crippen molar-refractivity contribution in [2.45, 2.75) is 18.9 Å². The van der Waals surface area contributed by atoms with Gasteiger partial charge >= 0.3 is 6.01 Å². The fourth-order valence-corrected chi connectivity index (χ4v) is 3.07. The second-order valence-electron chi connectivity index (χ2n) is 4.79. The van der Waals surface area contributed by atoms with E-state index in [4.69, 9.17) is 16.3 Å². The molecular weight excluding hydrogens is 310 g/mol. The van der Waals surface area contributed by atoms with Crippen molar-refractivity contribution in [2.75, 3.05) is 13.1 Å². The molecule has 2 aromatic heterocycles. The van der Waals surface area contributed by atoms with Crippen molar-refractivity contribution in [2.24, 2.45) is 0 Å². The average Bonchev–Trinajstić information content (AvgIpc) is 3.03. The molecule has 0 radical (unpaired) electrons. The molecule has 0 saturated carbocycles. The third kappa shape index (κ3) is 3.51. The topological polar surface area (TPSA) is 55.3 Å². The quantitative estimate of drug-likeness (QED) is 0.871. The number of aromatic nitrogens is 2. The molecule has 1 saturated heterocycles. The number of carbonyl (C=O) groups excluding carboxylic acids is 1. The summed E-state index contributed by atoms with van der Waals surface area (Å²) >= 11 is 7.20. The maximum atomic E-state index is 12.3. The van der Waals surface area contributed by atoms with Gasteiger partial charge in [0.25, 0.3) is 5.91 Å². The van der Waals surface area contributed by atoms with Crippen molar-refractivity contribution in [3.8, 4) is 6.01 Å². The summed E-state index contributed by atoms with van der Waals surface area (Å²) in [5, 5.41) is 2.38. The number of thiophene rings is 1. The molecule has 5 nitrogen and oxygen atoms in total. The zero-order valence-electron chi connectivity index (χ0n) is 11.2. The number of hydrogen-bond donors (Lipinski definition) is 0. The normalized spacial score (nSPS) is 18.5. The largest absolute Gasteiger partial charge is 0.458 e. The Morgan fingerprint density at radius 3 is 2.95 bits per heavy atom. The van der Waals surface area contributed by atoms with Crippen LogP contribution in [0.4, 0.5) is 0 Å². The molecule has 0 spiro atoms. The van der Waals surface area contributed by atoms with Gasteiger partial charge in [0.05, 0.1) is 28.8 Å². The summed E-state index contributed by atoms with van der Waals surface area (Å²) in [6, 6.07) is 4.03. The van der Waals surface area contributed by atoms with Gasteiger partial charge in [0.2, 0.25) is 0 Å². The lowest BCUT2D eigenvalue weighted by atomic mass is 10.1. The molecule has 1 fully saturated rings. The third-order valence-electron chi connectivity index (χ3n) is 3.27. The van der Waals surface area contributed by atoms with Crippen molar-refractivity contribution < 1.29 is 9.53 Å². The Morgan fingerprint density at radius 2 is 2.24 bits per heavy atom. The van der Waals surface area contributed by atoms with Gasteiger partial charge in [-0.25, -0.2) is 9.97 Å². The monoisotopic (exact) mass is 323 g/mol. The van der Waals surface area contributed by atoms with Gasteiger partial charge in [-0.15, -0.1) is 11.3 Å². The van der Waals surface area contributed by atoms with Gasteiger partial charge in [-0.3, -0.25) is 4.79 Å². The van der Waals surface area contributed by atoms with Gasteiger partial charge in [-0.1, -0.05) is 17.7 Å². The molecule has 1 aliphatic rings. The highest BCUT2D eigenvalue weighted by molar-refractivity contribution is 7.12. The zero-order valence-corrected chi connectivity index (χ0v) is 12.8. The maximum Gasteiger partial charge on any atom is 0.316 e. The molecule has 3 heterocycles. The van der Waals surface area contributed by atoms with Crippen molar-refractivity contribution in [3.63, 3.8) is 0 Å². The van der Waals surface area contributed by atoms with E-state index in [0.717, 1.165) is 24.3 Å². The molecule has 1 amide bonds. The molecule has 7 heteroatoms. The molecule has 0 N–H and O–H groups in total. The Bertz CT molecular complexity index is 603. The Hall–Kier alpha value is -1.66. The number of carbonyl (C=O) groups is 1. The summed E-state index contributed by atoms with van der Waals surface area (Å²) in [5.74, 6) is 0.0651. The first kappa shape index (κ1) is 14.3. The van der Waals surface area contributed by atoms with Crippen molar-refractivity contribution in [3.05, 3.63) is 39.8 Å². The lowest BCUT2D eigenvalue weighted by molar-refractivity contribution is 0.0520. The van der Waals surface area contributed by atoms with Crippen LogP contribution in [0, 0.1) is 0 Å². The molecular formula is C14H14ClN3O2S. The predicted octanol–water partition coefficient (Wildman–Crippen LogP) is 2.88. The van der Waals surface area contributed by atoms with Gasteiger partial charge < -0.3 is 9.64 Å². The van der Waals surface area contributed by atoms with E-state index in [0.29, 0.717) is 17.6 Å². The van der Waals surface area contributed by atoms with Gasteiger partial charge in [0, 0.05) is 6.54 Å². The van der Waals surface area contributed by atoms with Crippen LogP contribution in [0.25, 0.3) is 0 Å². The molecule has 1 atom stereocenters. The second-order valence-corrected chi connectivity index (χ2v) is 6.18. The molecule has 21 heavy (non-hydrogen) atoms. The number of rotatable bonds is 3. The molecule has 110 valence electrons. The molecule has 0 aromatic carbocycles. The smallest absolute Gasteiger partial charge is 0.316 e. The van der Waals surface area contributed by atoms with Crippen LogP contribution in [-0.4, -0.2) is 40.0 Å². The molecule has 0 bridgehead atoms. The van der Waals surface area contributed by atoms with Crippen molar-refractivity contribution >= 4 is 28.8 Å². The van der Waals surface area contributed by atoms with Crippen LogP contribution in [0.5, 0.6) is 6.01 Å². The minimum Gasteiger partial charge on any atom is -0.458 e. The number of piperidine rings is 1. The van der Waals surface area contributed by atoms with E-state index in [1.165, 1.54) is 23.7 Å². The van der Waals surface area contributed by atoms with E-state index in [-0.39, 0.29) is 12.0 Å². The number of halogens is 1. The van der Waals surface area contributed by atoms with Gasteiger partial charge in [0.1, 0.15) is 6.10 Å². The fourth-order valence-electron chi connectivity index (χ4n) is 2.29. The van der Waals surface area contributed by atoms with E-state index >= 15 is 0 Å². The summed E-state index contributed by atoms with van der Waals surface area (Å²) in [4.78, 5) is 23.0. The molecule has 3 rings (SSSR count). The lowest BCUT2D eigenvalue weighted by Gasteiger charge is -2.32. The number of likely N-dealkylation sites (tertiary alicyclic amines) is 1. The summed E-state index contributed by atoms with van der Waals surface area (Å²) in [6.45, 7) is 1.32. The Morgan fingerprint density at radius 1 is 1.43 bits per heavy atom. The number of ether oxygens (including phenoxy) is 1. The summed E-state index contributed by atoms with van der Waals surface area (Å²) in [5.41, 5.74) is 0. The molecule has 1 unspecified atom stereocenters. The van der Waals surface area contributed by atoms with E-state index in [1.54, 1.807) is 0 Å². The highest BCUT2D eigenvalue weighted by Crippen LogP contribution is 2.19. The summed E-state index contributed by atoms with van der Waals surface area (Å²) in [6.07, 6.45) is 4.72. The van der Waals surface area contributed by atoms with Crippen LogP contribution in [0.3, 0.4) is 0 Å². The van der Waals surface area contributed by atoms with E-state index in [1.807, 2.05) is 22.4 Å². The van der Waals surface area contributed by atoms with E-state index in [2.05, 4.69) is 9.97 Å². The van der Waals surface area contributed by atoms with Gasteiger partial charge in [-0.2, -0.15) is 0 Å². The van der Waals surface area contributed by atoms with Gasteiger partial charge in [0.15, 0.2) is 0 Å². The SMILES string of the molecule is O=C(c1cccs1)N1CCCC(Oc2ncc(Cl)cn2)C1. The van der Waals surface area contributed by atoms with Crippen molar-refractivity contribution in [1.29, 1.82) is 0 Å². The predicted molar refractivity (Wildman–Crippen MR) is 80.9 cm³/mol. The number of nitrogens with zero attached hydrogens (tertiary/aromatic N) is 3. The van der Waals surface area contributed by atoms with Crippen LogP contribution in [0.2, 0.25) is 5.02 Å². The number of amides is 1. The standard InChI is InChI=1S/C14H14ClN3O2S/c15-10-7-16-14(17-8-10)20-11-3-1-5-18(9-11)13(19)12-4-2-6-21-12/h2,4,6-8,11H,1,3,5,9H2. The Labute approximate surface area is 131 Å². The summed E-state index contributed by atoms with van der Waals surface area (Å²) in [7, 11) is 0. The highest BCUT2D eigenvalue weighted by atomic mass is 35.5. The van der Waals surface area contributed by atoms with Crippen LogP contribution in [-0.2, 0) is 0 Å². The average molecular weight is 324 g/mol. The highest BCUT2D eigenvalue weighted by Gasteiger charge is 2.26. The van der Waals surface area contributed by atoms with E-state index in [9.17, 15) is 4.79 Å². The Kier molecular flexibility index (Phi) is 4.36. The fraction of sp³-hybridized carbons (Fsp3) is 0.357. The van der Waals surface area contributed by atoms with Crippen LogP contribution in [0.1, 0.15) is 22.5 Å². The first-order valence-electron chi connectivity index (χ1n) is 6.69. The first-order chi connectivity index (χ1) is 10.2. The molecule has 0 aliphatic carbocycles. The van der Waals surface area contributed by atoms with Crippen LogP contribution < -0.4 is 4.74 Å². The zero-order chi connectivity index (χ0) is 14.7. The third-order valence-corrected chi connectivity index (χ3v) is 4.32. The molecule has 1 aliphatic heterocycles. The minimum absolute atomic E-state index is 0.0651. The lowest BCUT2D eigenvalue weighted by Crippen LogP contribution is -2.44.